The van der Waals surface area contributed by atoms with Crippen molar-refractivity contribution in [2.75, 3.05) is 33.4 Å². The van der Waals surface area contributed by atoms with Crippen LogP contribution in [0, 0.1) is 6.54 Å². The topological polar surface area (TPSA) is 49.2 Å². The number of nitrogens with one attached hydrogen (secondary N) is 1. The number of morpholine rings is 1. The highest BCUT2D eigenvalue weighted by Gasteiger charge is 2.17. The lowest BCUT2D eigenvalue weighted by Crippen LogP contribution is -3.11. The monoisotopic (exact) mass is 471 g/mol. The molecule has 1 atom stereocenters. The van der Waals surface area contributed by atoms with Gasteiger partial charge in [-0.3, -0.25) is 4.79 Å². The zero-order valence-corrected chi connectivity index (χ0v) is 22.0. The molecule has 0 saturated carbocycles. The maximum atomic E-state index is 12.8. The van der Waals surface area contributed by atoms with Gasteiger partial charge < -0.3 is 19.1 Å². The second-order valence-corrected chi connectivity index (χ2v) is 9.47. The van der Waals surface area contributed by atoms with Crippen molar-refractivity contribution in [2.24, 2.45) is 0 Å². The van der Waals surface area contributed by atoms with Crippen LogP contribution in [0.25, 0.3) is 0 Å². The van der Waals surface area contributed by atoms with Gasteiger partial charge in [-0.15, -0.1) is 6.54 Å². The molecule has 1 aliphatic heterocycles. The molecule has 1 N–H and O–H groups in total. The molecule has 1 unspecified atom stereocenters. The van der Waals surface area contributed by atoms with E-state index < -0.39 is 0 Å². The van der Waals surface area contributed by atoms with Crippen molar-refractivity contribution < 1.29 is 23.9 Å². The third-order valence-electron chi connectivity index (χ3n) is 6.19. The zero-order chi connectivity index (χ0) is 24.8. The van der Waals surface area contributed by atoms with E-state index in [2.05, 4.69) is 52.5 Å². The van der Waals surface area contributed by atoms with Gasteiger partial charge in [-0.05, 0) is 77.2 Å². The fraction of sp³-hybridized carbons (Fsp3) is 0.586. The molecular formula is C29H45NO4. The van der Waals surface area contributed by atoms with Crippen molar-refractivity contribution in [1.82, 2.24) is 0 Å². The maximum Gasteiger partial charge on any atom is 0.316 e. The van der Waals surface area contributed by atoms with Crippen molar-refractivity contribution in [1.29, 1.82) is 0 Å². The number of allylic oxidation sites excluding steroid dienone is 4. The lowest BCUT2D eigenvalue weighted by atomic mass is 10.00. The Balaban J connectivity index is 2.16. The highest BCUT2D eigenvalue weighted by molar-refractivity contribution is 5.73. The minimum atomic E-state index is -0.189. The van der Waals surface area contributed by atoms with Gasteiger partial charge in [-0.1, -0.05) is 43.1 Å². The predicted octanol–water partition coefficient (Wildman–Crippen LogP) is 5.04. The van der Waals surface area contributed by atoms with E-state index in [0.717, 1.165) is 62.3 Å². The van der Waals surface area contributed by atoms with Crippen LogP contribution in [0.5, 0.6) is 11.5 Å². The number of methoxy groups -OCH3 is 1. The molecule has 5 heteroatoms. The Morgan fingerprint density at radius 2 is 1.94 bits per heavy atom. The molecule has 1 heterocycles. The number of hydrogen-bond acceptors (Lipinski definition) is 4. The quantitative estimate of drug-likeness (QED) is 0.136. The molecule has 0 spiro atoms. The Kier molecular flexibility index (Phi) is 13.0. The van der Waals surface area contributed by atoms with Crippen LogP contribution in [0.2, 0.25) is 0 Å². The van der Waals surface area contributed by atoms with E-state index in [-0.39, 0.29) is 5.97 Å². The van der Waals surface area contributed by atoms with E-state index in [1.807, 2.05) is 6.07 Å². The fourth-order valence-corrected chi connectivity index (χ4v) is 4.07. The van der Waals surface area contributed by atoms with Gasteiger partial charge in [0.2, 0.25) is 0 Å². The molecule has 0 aliphatic carbocycles. The molecule has 190 valence electrons. The second kappa shape index (κ2) is 15.7. The predicted molar refractivity (Wildman–Crippen MR) is 138 cm³/mol. The Hall–Kier alpha value is -2.11. The molecule has 0 bridgehead atoms. The molecule has 34 heavy (non-hydrogen) atoms. The van der Waals surface area contributed by atoms with Crippen LogP contribution in [0.4, 0.5) is 0 Å². The largest absolute Gasteiger partial charge is 0.496 e. The number of benzene rings is 1. The summed E-state index contributed by atoms with van der Waals surface area (Å²) in [6.45, 7) is 13.7. The molecule has 1 fully saturated rings. The van der Waals surface area contributed by atoms with Crippen LogP contribution >= 0.6 is 0 Å². The van der Waals surface area contributed by atoms with E-state index in [0.29, 0.717) is 25.2 Å². The summed E-state index contributed by atoms with van der Waals surface area (Å²) < 4.78 is 17.1. The van der Waals surface area contributed by atoms with Gasteiger partial charge in [-0.2, -0.15) is 0 Å². The van der Waals surface area contributed by atoms with Gasteiger partial charge in [0.25, 0.3) is 0 Å². The summed E-state index contributed by atoms with van der Waals surface area (Å²) in [5, 5.41) is 0. The molecule has 2 rings (SSSR count). The number of carbonyl (C=O) groups excluding carboxylic acids is 1. The Morgan fingerprint density at radius 1 is 1.15 bits per heavy atom. The summed E-state index contributed by atoms with van der Waals surface area (Å²) in [4.78, 5) is 14.1. The molecular weight excluding hydrogens is 426 g/mol. The van der Waals surface area contributed by atoms with Crippen molar-refractivity contribution >= 4 is 5.97 Å². The van der Waals surface area contributed by atoms with Crippen molar-refractivity contribution in [2.45, 2.75) is 79.1 Å². The molecule has 0 radical (unpaired) electrons. The molecule has 1 aliphatic rings. The lowest BCUT2D eigenvalue weighted by molar-refractivity contribution is -0.877. The van der Waals surface area contributed by atoms with Crippen LogP contribution in [0.15, 0.2) is 35.4 Å². The third-order valence-corrected chi connectivity index (χ3v) is 6.19. The van der Waals surface area contributed by atoms with Gasteiger partial charge in [0.05, 0.1) is 33.2 Å². The number of esters is 1. The zero-order valence-electron chi connectivity index (χ0n) is 22.0. The molecule has 1 aromatic carbocycles. The van der Waals surface area contributed by atoms with Crippen molar-refractivity contribution in [3.05, 3.63) is 53.1 Å². The maximum absolute atomic E-state index is 12.8. The summed E-state index contributed by atoms with van der Waals surface area (Å²) >= 11 is 0. The summed E-state index contributed by atoms with van der Waals surface area (Å²) in [5.41, 5.74) is 4.78. The first-order valence-electron chi connectivity index (χ1n) is 12.9. The SMILES string of the molecule is CCCCCc1cc(OC)c(C/C=C(\C)CCC=C(C)C)c(OC(=O)CC[NH+]2[CH-]COCC2)c1. The van der Waals surface area contributed by atoms with Gasteiger partial charge >= 0.3 is 5.97 Å². The molecule has 0 aromatic heterocycles. The van der Waals surface area contributed by atoms with Crippen molar-refractivity contribution in [3.63, 3.8) is 0 Å². The number of unbranched alkanes of at least 4 members (excludes halogenated alkanes) is 2. The molecule has 0 amide bonds. The van der Waals surface area contributed by atoms with Crippen LogP contribution in [-0.4, -0.2) is 39.4 Å². The van der Waals surface area contributed by atoms with Crippen LogP contribution in [0.1, 0.15) is 77.3 Å². The fourth-order valence-electron chi connectivity index (χ4n) is 4.07. The van der Waals surface area contributed by atoms with Gasteiger partial charge in [0, 0.05) is 5.56 Å². The highest BCUT2D eigenvalue weighted by Crippen LogP contribution is 2.33. The average Bonchev–Trinajstić information content (AvgIpc) is 2.82. The first-order valence-corrected chi connectivity index (χ1v) is 12.9. The number of carbonyl (C=O) groups is 1. The third kappa shape index (κ3) is 10.4. The van der Waals surface area contributed by atoms with E-state index in [1.165, 1.54) is 28.9 Å². The summed E-state index contributed by atoms with van der Waals surface area (Å²) in [7, 11) is 1.70. The minimum absolute atomic E-state index is 0.189. The number of aryl methyl sites for hydroxylation is 1. The molecule has 1 aromatic rings. The first-order chi connectivity index (χ1) is 16.4. The van der Waals surface area contributed by atoms with Gasteiger partial charge in [-0.25, -0.2) is 0 Å². The van der Waals surface area contributed by atoms with Crippen LogP contribution in [0.3, 0.4) is 0 Å². The smallest absolute Gasteiger partial charge is 0.316 e. The van der Waals surface area contributed by atoms with Gasteiger partial charge in [0.1, 0.15) is 11.5 Å². The summed E-state index contributed by atoms with van der Waals surface area (Å²) in [6, 6.07) is 4.16. The van der Waals surface area contributed by atoms with E-state index >= 15 is 0 Å². The van der Waals surface area contributed by atoms with E-state index in [4.69, 9.17) is 14.2 Å². The minimum Gasteiger partial charge on any atom is -0.496 e. The Bertz CT molecular complexity index is 818. The molecule has 1 saturated heterocycles. The number of hydrogen-bond donors (Lipinski definition) is 1. The second-order valence-electron chi connectivity index (χ2n) is 9.47. The van der Waals surface area contributed by atoms with Crippen LogP contribution < -0.4 is 14.4 Å². The summed E-state index contributed by atoms with van der Waals surface area (Å²) in [5.74, 6) is 1.26. The Morgan fingerprint density at radius 3 is 2.62 bits per heavy atom. The first kappa shape index (κ1) is 28.1. The Labute approximate surface area is 207 Å². The number of ether oxygens (including phenoxy) is 3. The number of rotatable bonds is 14. The lowest BCUT2D eigenvalue weighted by Gasteiger charge is -2.32. The normalized spacial score (nSPS) is 16.3. The standard InChI is InChI=1S/C29H45NO4/c1-6-7-8-12-25-21-27(32-5)26(14-13-24(4)11-9-10-23(2)3)28(22-25)34-29(31)15-16-30-17-19-33-20-18-30/h10,13,17,21-22,30H,6-9,11-12,14-16,18-20H2,1-5H3/b24-13+. The number of quaternary nitrogens is 1. The van der Waals surface area contributed by atoms with E-state index in [1.54, 1.807) is 7.11 Å². The van der Waals surface area contributed by atoms with Crippen molar-refractivity contribution in [3.8, 4) is 11.5 Å². The molecule has 5 nitrogen and oxygen atoms in total. The van der Waals surface area contributed by atoms with Crippen LogP contribution in [-0.2, 0) is 22.4 Å². The summed E-state index contributed by atoms with van der Waals surface area (Å²) in [6.07, 6.45) is 12.1. The van der Waals surface area contributed by atoms with Gasteiger partial charge in [0.15, 0.2) is 0 Å². The average molecular weight is 472 g/mol. The highest BCUT2D eigenvalue weighted by atomic mass is 16.5. The van der Waals surface area contributed by atoms with E-state index in [9.17, 15) is 4.79 Å².